The molecule has 1 amide bonds. The highest BCUT2D eigenvalue weighted by Crippen LogP contribution is 2.38. The fourth-order valence-electron chi connectivity index (χ4n) is 5.66. The zero-order valence-corrected chi connectivity index (χ0v) is 19.7. The fraction of sp³-hybridized carbons (Fsp3) is 0.625. The number of hydrogen-bond acceptors (Lipinski definition) is 6. The van der Waals surface area contributed by atoms with Crippen molar-refractivity contribution in [3.8, 4) is 0 Å². The molecule has 166 valence electrons. The van der Waals surface area contributed by atoms with E-state index in [4.69, 9.17) is 0 Å². The van der Waals surface area contributed by atoms with Crippen LogP contribution in [0, 0.1) is 6.92 Å². The van der Waals surface area contributed by atoms with Gasteiger partial charge in [-0.05, 0) is 64.3 Å². The lowest BCUT2D eigenvalue weighted by molar-refractivity contribution is -0.134. The van der Waals surface area contributed by atoms with Crippen LogP contribution in [0.15, 0.2) is 18.5 Å². The van der Waals surface area contributed by atoms with E-state index in [9.17, 15) is 4.79 Å². The van der Waals surface area contributed by atoms with Gasteiger partial charge in [-0.15, -0.1) is 11.3 Å². The van der Waals surface area contributed by atoms with Crippen LogP contribution in [-0.4, -0.2) is 71.5 Å². The fourth-order valence-corrected chi connectivity index (χ4v) is 6.69. The molecule has 31 heavy (non-hydrogen) atoms. The van der Waals surface area contributed by atoms with Crippen LogP contribution in [0.25, 0.3) is 0 Å². The average Bonchev–Trinajstić information content (AvgIpc) is 3.50. The summed E-state index contributed by atoms with van der Waals surface area (Å²) >= 11 is 1.79. The zero-order valence-electron chi connectivity index (χ0n) is 18.9. The van der Waals surface area contributed by atoms with Crippen molar-refractivity contribution in [2.45, 2.75) is 57.4 Å². The van der Waals surface area contributed by atoms with E-state index >= 15 is 0 Å². The Bertz CT molecular complexity index is 951. The number of carbonyl (C=O) groups is 1. The zero-order chi connectivity index (χ0) is 21.5. The molecular formula is C24H33N5OS. The van der Waals surface area contributed by atoms with Gasteiger partial charge in [-0.2, -0.15) is 0 Å². The first-order valence-electron chi connectivity index (χ1n) is 11.7. The molecule has 4 heterocycles. The molecule has 2 aromatic rings. The predicted molar refractivity (Wildman–Crippen MR) is 125 cm³/mol. The van der Waals surface area contributed by atoms with E-state index in [0.29, 0.717) is 17.9 Å². The minimum atomic E-state index is -0.0407. The highest BCUT2D eigenvalue weighted by Gasteiger charge is 2.39. The monoisotopic (exact) mass is 439 g/mol. The van der Waals surface area contributed by atoms with Crippen LogP contribution >= 0.6 is 11.3 Å². The largest absolute Gasteiger partial charge is 0.353 e. The lowest BCUT2D eigenvalue weighted by atomic mass is 9.94. The molecule has 0 N–H and O–H groups in total. The van der Waals surface area contributed by atoms with Crippen LogP contribution in [0.1, 0.15) is 59.0 Å². The van der Waals surface area contributed by atoms with E-state index in [-0.39, 0.29) is 5.92 Å². The summed E-state index contributed by atoms with van der Waals surface area (Å²) < 4.78 is 0. The molecule has 3 atom stereocenters. The minimum absolute atomic E-state index is 0.0407. The third-order valence-corrected chi connectivity index (χ3v) is 8.52. The normalized spacial score (nSPS) is 25.1. The number of fused-ring (bicyclic) bond motifs is 1. The maximum absolute atomic E-state index is 13.8. The van der Waals surface area contributed by atoms with E-state index in [1.54, 1.807) is 17.7 Å². The number of likely N-dealkylation sites (N-methyl/N-ethyl adjacent to an activating group) is 1. The van der Waals surface area contributed by atoms with E-state index in [0.717, 1.165) is 57.8 Å². The molecule has 3 aliphatic rings. The van der Waals surface area contributed by atoms with Gasteiger partial charge in [0.05, 0.1) is 5.92 Å². The topological polar surface area (TPSA) is 52.6 Å². The first-order valence-corrected chi connectivity index (χ1v) is 12.5. The van der Waals surface area contributed by atoms with E-state index in [2.05, 4.69) is 57.7 Å². The summed E-state index contributed by atoms with van der Waals surface area (Å²) in [4.78, 5) is 32.3. The summed E-state index contributed by atoms with van der Waals surface area (Å²) in [6.07, 6.45) is 6.22. The number of rotatable bonds is 4. The average molecular weight is 440 g/mol. The van der Waals surface area contributed by atoms with Gasteiger partial charge in [0.2, 0.25) is 5.91 Å². The summed E-state index contributed by atoms with van der Waals surface area (Å²) in [6.45, 7) is 8.73. The molecule has 0 spiro atoms. The van der Waals surface area contributed by atoms with Gasteiger partial charge in [0.1, 0.15) is 12.1 Å². The SMILES string of the molecule is Cc1ccc([C@H](C(=O)N2CCN(c3ncnc4c3[C@H](C)CC4)CC2)[C@@H]2CCCN2C)s1. The number of piperazine rings is 1. The van der Waals surface area contributed by atoms with Crippen molar-refractivity contribution >= 4 is 23.1 Å². The Morgan fingerprint density at radius 3 is 2.61 bits per heavy atom. The molecule has 6 nitrogen and oxygen atoms in total. The number of nitrogens with zero attached hydrogens (tertiary/aromatic N) is 5. The number of aryl methyl sites for hydroxylation is 2. The highest BCUT2D eigenvalue weighted by molar-refractivity contribution is 7.12. The van der Waals surface area contributed by atoms with Gasteiger partial charge in [-0.1, -0.05) is 6.92 Å². The molecule has 2 aliphatic heterocycles. The maximum atomic E-state index is 13.8. The molecule has 0 unspecified atom stereocenters. The number of aromatic nitrogens is 2. The standard InChI is InChI=1S/C24H33N5OS/c1-16-6-8-18-21(16)23(26-15-25-18)28-11-13-29(14-12-28)24(30)22(19-5-4-10-27(19)3)20-9-7-17(2)31-20/h7,9,15-16,19,22H,4-6,8,10-14H2,1-3H3/t16-,19+,22-/m1/s1. The smallest absolute Gasteiger partial charge is 0.232 e. The van der Waals surface area contributed by atoms with Gasteiger partial charge >= 0.3 is 0 Å². The predicted octanol–water partition coefficient (Wildman–Crippen LogP) is 3.42. The maximum Gasteiger partial charge on any atom is 0.232 e. The summed E-state index contributed by atoms with van der Waals surface area (Å²) in [6, 6.07) is 4.65. The Hall–Kier alpha value is -1.99. The minimum Gasteiger partial charge on any atom is -0.353 e. The van der Waals surface area contributed by atoms with Crippen molar-refractivity contribution in [3.63, 3.8) is 0 Å². The van der Waals surface area contributed by atoms with Gasteiger partial charge < -0.3 is 14.7 Å². The molecule has 2 saturated heterocycles. The van der Waals surface area contributed by atoms with Crippen LogP contribution in [-0.2, 0) is 11.2 Å². The van der Waals surface area contributed by atoms with Crippen molar-refractivity contribution in [1.29, 1.82) is 0 Å². The lowest BCUT2D eigenvalue weighted by Gasteiger charge is -2.39. The number of hydrogen-bond donors (Lipinski definition) is 0. The Balaban J connectivity index is 1.33. The van der Waals surface area contributed by atoms with Crippen molar-refractivity contribution in [2.24, 2.45) is 0 Å². The molecule has 5 rings (SSSR count). The van der Waals surface area contributed by atoms with Crippen LogP contribution in [0.3, 0.4) is 0 Å². The number of thiophene rings is 1. The second kappa shape index (κ2) is 8.51. The van der Waals surface area contributed by atoms with Gasteiger partial charge in [0.25, 0.3) is 0 Å². The van der Waals surface area contributed by atoms with Gasteiger partial charge in [0, 0.05) is 53.2 Å². The van der Waals surface area contributed by atoms with Crippen molar-refractivity contribution < 1.29 is 4.79 Å². The first kappa shape index (κ1) is 20.9. The van der Waals surface area contributed by atoms with E-state index in [1.807, 2.05) is 0 Å². The van der Waals surface area contributed by atoms with Crippen LogP contribution in [0.2, 0.25) is 0 Å². The second-order valence-electron chi connectivity index (χ2n) is 9.43. The summed E-state index contributed by atoms with van der Waals surface area (Å²) in [5.74, 6) is 1.89. The van der Waals surface area contributed by atoms with Gasteiger partial charge in [-0.3, -0.25) is 4.79 Å². The molecule has 7 heteroatoms. The molecule has 2 fully saturated rings. The third kappa shape index (κ3) is 3.87. The summed E-state index contributed by atoms with van der Waals surface area (Å²) in [5.41, 5.74) is 2.55. The Kier molecular flexibility index (Phi) is 5.73. The first-order chi connectivity index (χ1) is 15.0. The van der Waals surface area contributed by atoms with E-state index in [1.165, 1.54) is 27.4 Å². The highest BCUT2D eigenvalue weighted by atomic mass is 32.1. The van der Waals surface area contributed by atoms with E-state index < -0.39 is 0 Å². The van der Waals surface area contributed by atoms with Gasteiger partial charge in [-0.25, -0.2) is 9.97 Å². The van der Waals surface area contributed by atoms with Crippen molar-refractivity contribution in [1.82, 2.24) is 19.8 Å². The Morgan fingerprint density at radius 1 is 1.13 bits per heavy atom. The second-order valence-corrected chi connectivity index (χ2v) is 10.7. The quantitative estimate of drug-likeness (QED) is 0.731. The lowest BCUT2D eigenvalue weighted by Crippen LogP contribution is -2.52. The molecule has 2 aromatic heterocycles. The van der Waals surface area contributed by atoms with Crippen molar-refractivity contribution in [2.75, 3.05) is 44.7 Å². The number of likely N-dealkylation sites (tertiary alicyclic amines) is 1. The molecular weight excluding hydrogens is 406 g/mol. The Labute approximate surface area is 189 Å². The molecule has 1 aliphatic carbocycles. The number of anilines is 1. The molecule has 0 bridgehead atoms. The van der Waals surface area contributed by atoms with Gasteiger partial charge in [0.15, 0.2) is 0 Å². The van der Waals surface area contributed by atoms with Crippen LogP contribution < -0.4 is 4.90 Å². The van der Waals surface area contributed by atoms with Crippen molar-refractivity contribution in [3.05, 3.63) is 39.5 Å². The molecule has 0 radical (unpaired) electrons. The molecule has 0 saturated carbocycles. The summed E-state index contributed by atoms with van der Waals surface area (Å²) in [7, 11) is 2.17. The number of carbonyl (C=O) groups excluding carboxylic acids is 1. The summed E-state index contributed by atoms with van der Waals surface area (Å²) in [5, 5.41) is 0. The third-order valence-electron chi connectivity index (χ3n) is 7.44. The Morgan fingerprint density at radius 2 is 1.94 bits per heavy atom. The number of amides is 1. The molecule has 0 aromatic carbocycles. The van der Waals surface area contributed by atoms with Crippen LogP contribution in [0.5, 0.6) is 0 Å². The van der Waals surface area contributed by atoms with Crippen LogP contribution in [0.4, 0.5) is 5.82 Å².